The Labute approximate surface area is 279 Å². The van der Waals surface area contributed by atoms with Crippen molar-refractivity contribution >= 4 is 12.0 Å². The molecule has 1 unspecified atom stereocenters. The molecule has 7 heteroatoms. The number of carboxylic acid groups (broad SMARTS) is 1. The molecule has 7 nitrogen and oxygen atoms in total. The van der Waals surface area contributed by atoms with Gasteiger partial charge in [0.15, 0.2) is 0 Å². The van der Waals surface area contributed by atoms with Gasteiger partial charge in [0, 0.05) is 25.3 Å². The van der Waals surface area contributed by atoms with E-state index in [4.69, 9.17) is 4.74 Å². The van der Waals surface area contributed by atoms with E-state index in [1.54, 1.807) is 12.1 Å². The largest absolute Gasteiger partial charge is 0.545 e. The van der Waals surface area contributed by atoms with E-state index in [0.29, 0.717) is 17.7 Å². The molecule has 250 valence electrons. The number of phenols is 1. The Morgan fingerprint density at radius 2 is 1.43 bits per heavy atom. The first kappa shape index (κ1) is 37.2. The van der Waals surface area contributed by atoms with Gasteiger partial charge in [0.1, 0.15) is 5.75 Å². The molecular weight excluding hydrogens is 590 g/mol. The fourth-order valence-electron chi connectivity index (χ4n) is 4.97. The number of carbonyl (C=O) groups excluding carboxylic acids is 1. The number of ether oxygens (including phenoxy) is 1. The highest BCUT2D eigenvalue weighted by Gasteiger charge is 2.10. The molecule has 0 radical (unpaired) electrons. The summed E-state index contributed by atoms with van der Waals surface area (Å²) in [6, 6.07) is 33.1. The molecule has 0 saturated heterocycles. The summed E-state index contributed by atoms with van der Waals surface area (Å²) in [7, 11) is 0. The monoisotopic (exact) mass is 638 g/mol. The average Bonchev–Trinajstić information content (AvgIpc) is 3.10. The van der Waals surface area contributed by atoms with Crippen LogP contribution in [-0.2, 0) is 22.6 Å². The van der Waals surface area contributed by atoms with Crippen LogP contribution in [0.25, 0.3) is 17.2 Å². The van der Waals surface area contributed by atoms with E-state index >= 15 is 0 Å². The van der Waals surface area contributed by atoms with Crippen LogP contribution in [0.1, 0.15) is 66.9 Å². The molecule has 4 N–H and O–H groups in total. The summed E-state index contributed by atoms with van der Waals surface area (Å²) in [5.74, 6) is -1.13. The lowest BCUT2D eigenvalue weighted by Gasteiger charge is -2.14. The zero-order chi connectivity index (χ0) is 33.5. The second-order valence-electron chi connectivity index (χ2n) is 11.4. The second-order valence-corrected chi connectivity index (χ2v) is 11.4. The van der Waals surface area contributed by atoms with E-state index in [0.717, 1.165) is 81.0 Å². The Kier molecular flexibility index (Phi) is 17.6. The van der Waals surface area contributed by atoms with E-state index in [-0.39, 0.29) is 12.4 Å². The molecule has 4 aromatic rings. The van der Waals surface area contributed by atoms with E-state index in [1.165, 1.54) is 24.1 Å². The number of unbranched alkanes of at least 4 members (excludes halogenated alkanes) is 4. The lowest BCUT2D eigenvalue weighted by atomic mass is 10.0. The van der Waals surface area contributed by atoms with Crippen LogP contribution in [0.15, 0.2) is 109 Å². The number of carboxylic acids is 1. The van der Waals surface area contributed by atoms with Crippen molar-refractivity contribution in [3.05, 3.63) is 131 Å². The first-order valence-electron chi connectivity index (χ1n) is 16.4. The summed E-state index contributed by atoms with van der Waals surface area (Å²) in [6.45, 7) is 2.77. The Morgan fingerprint density at radius 1 is 0.787 bits per heavy atom. The fraction of sp³-hybridized carbons (Fsp3) is 0.325. The summed E-state index contributed by atoms with van der Waals surface area (Å²) in [5.41, 5.74) is 5.62. The average molecular weight is 639 g/mol. The van der Waals surface area contributed by atoms with Gasteiger partial charge in [0.25, 0.3) is 0 Å². The van der Waals surface area contributed by atoms with Crippen LogP contribution in [0.2, 0.25) is 0 Å². The predicted molar refractivity (Wildman–Crippen MR) is 186 cm³/mol. The SMILES string of the molecule is O=C([O-])/C=C/c1ccc(-c2ccccc2)cc1.OCc1cc(C(O)CNCCCCCCOCCCCc2ccccc2)ccc1O. The minimum atomic E-state index is -1.18. The summed E-state index contributed by atoms with van der Waals surface area (Å²) in [6.07, 6.45) is 9.78. The highest BCUT2D eigenvalue weighted by molar-refractivity contribution is 5.83. The Bertz CT molecular complexity index is 1440. The second kappa shape index (κ2) is 22.3. The zero-order valence-corrected chi connectivity index (χ0v) is 27.1. The summed E-state index contributed by atoms with van der Waals surface area (Å²) >= 11 is 0. The number of nitrogens with one attached hydrogen (secondary N) is 1. The van der Waals surface area contributed by atoms with Gasteiger partial charge in [-0.3, -0.25) is 0 Å². The van der Waals surface area contributed by atoms with Crippen molar-refractivity contribution in [3.63, 3.8) is 0 Å². The van der Waals surface area contributed by atoms with Crippen LogP contribution in [-0.4, -0.2) is 47.6 Å². The molecule has 0 heterocycles. The van der Waals surface area contributed by atoms with Crippen LogP contribution in [0.4, 0.5) is 0 Å². The van der Waals surface area contributed by atoms with Gasteiger partial charge in [0.2, 0.25) is 0 Å². The summed E-state index contributed by atoms with van der Waals surface area (Å²) < 4.78 is 5.72. The first-order valence-corrected chi connectivity index (χ1v) is 16.4. The standard InChI is InChI=1S/C25H37NO4.C15H12O2/c27-20-23-18-22(13-14-24(23)28)25(29)19-26-15-7-1-2-8-16-30-17-9-6-12-21-10-4-3-5-11-21;16-15(17)11-8-12-6-9-14(10-7-12)13-4-2-1-3-5-13/h3-5,10-11,13-14,18,25-29H,1-2,6-9,12,15-17,19-20H2;1-11H,(H,16,17)/p-1/b;11-8+. The molecule has 4 aromatic carbocycles. The molecule has 0 aliphatic carbocycles. The van der Waals surface area contributed by atoms with Crippen molar-refractivity contribution in [1.29, 1.82) is 0 Å². The van der Waals surface area contributed by atoms with Crippen molar-refractivity contribution in [1.82, 2.24) is 5.32 Å². The Morgan fingerprint density at radius 3 is 2.11 bits per heavy atom. The van der Waals surface area contributed by atoms with Gasteiger partial charge >= 0.3 is 0 Å². The molecule has 0 spiro atoms. The minimum Gasteiger partial charge on any atom is -0.545 e. The van der Waals surface area contributed by atoms with Gasteiger partial charge in [-0.1, -0.05) is 110 Å². The molecule has 0 bridgehead atoms. The number of aliphatic hydroxyl groups excluding tert-OH is 2. The topological polar surface area (TPSA) is 122 Å². The number of aromatic hydroxyl groups is 1. The summed E-state index contributed by atoms with van der Waals surface area (Å²) in [4.78, 5) is 10.3. The molecule has 4 rings (SSSR count). The molecule has 1 atom stereocenters. The number of aliphatic hydroxyl groups is 2. The molecule has 0 aromatic heterocycles. The third-order valence-corrected chi connectivity index (χ3v) is 7.67. The van der Waals surface area contributed by atoms with Gasteiger partial charge in [-0.15, -0.1) is 0 Å². The van der Waals surface area contributed by atoms with Crippen molar-refractivity contribution in [2.45, 2.75) is 57.7 Å². The van der Waals surface area contributed by atoms with Crippen molar-refractivity contribution in [3.8, 4) is 16.9 Å². The first-order chi connectivity index (χ1) is 23.0. The van der Waals surface area contributed by atoms with E-state index in [9.17, 15) is 25.2 Å². The van der Waals surface area contributed by atoms with E-state index in [1.807, 2.05) is 54.6 Å². The number of rotatable bonds is 19. The van der Waals surface area contributed by atoms with Crippen LogP contribution < -0.4 is 10.4 Å². The fourth-order valence-corrected chi connectivity index (χ4v) is 4.97. The number of benzene rings is 4. The minimum absolute atomic E-state index is 0.0533. The number of carbonyl (C=O) groups is 1. The van der Waals surface area contributed by atoms with E-state index in [2.05, 4.69) is 35.6 Å². The number of hydrogen-bond donors (Lipinski definition) is 4. The lowest BCUT2D eigenvalue weighted by molar-refractivity contribution is -0.297. The van der Waals surface area contributed by atoms with Crippen LogP contribution in [0.3, 0.4) is 0 Å². The van der Waals surface area contributed by atoms with Gasteiger partial charge in [-0.25, -0.2) is 0 Å². The molecule has 0 fully saturated rings. The third-order valence-electron chi connectivity index (χ3n) is 7.67. The van der Waals surface area contributed by atoms with Crippen LogP contribution >= 0.6 is 0 Å². The van der Waals surface area contributed by atoms with Gasteiger partial charge in [-0.05, 0) is 84.7 Å². The van der Waals surface area contributed by atoms with Gasteiger partial charge in [-0.2, -0.15) is 0 Å². The van der Waals surface area contributed by atoms with Gasteiger partial charge in [0.05, 0.1) is 18.7 Å². The van der Waals surface area contributed by atoms with Crippen LogP contribution in [0.5, 0.6) is 5.75 Å². The predicted octanol–water partition coefficient (Wildman–Crippen LogP) is 6.22. The van der Waals surface area contributed by atoms with Crippen molar-refractivity contribution in [2.24, 2.45) is 0 Å². The highest BCUT2D eigenvalue weighted by Crippen LogP contribution is 2.22. The Hall–Kier alpha value is -4.27. The quantitative estimate of drug-likeness (QED) is 0.0710. The maximum absolute atomic E-state index is 10.3. The molecule has 47 heavy (non-hydrogen) atoms. The molecule has 0 saturated carbocycles. The van der Waals surface area contributed by atoms with Crippen LogP contribution in [0, 0.1) is 0 Å². The van der Waals surface area contributed by atoms with E-state index < -0.39 is 12.1 Å². The molecule has 0 aliphatic rings. The Balaban J connectivity index is 0.000000297. The molecule has 0 amide bonds. The highest BCUT2D eigenvalue weighted by atomic mass is 16.5. The number of aryl methyl sites for hydroxylation is 1. The zero-order valence-electron chi connectivity index (χ0n) is 27.1. The number of aliphatic carboxylic acids is 1. The van der Waals surface area contributed by atoms with Gasteiger partial charge < -0.3 is 35.3 Å². The number of hydrogen-bond acceptors (Lipinski definition) is 7. The third kappa shape index (κ3) is 15.2. The maximum atomic E-state index is 10.3. The molecular formula is C40H48NO6-. The van der Waals surface area contributed by atoms with Crippen molar-refractivity contribution < 1.29 is 30.0 Å². The summed E-state index contributed by atoms with van der Waals surface area (Å²) in [5, 5.41) is 42.5. The lowest BCUT2D eigenvalue weighted by Crippen LogP contribution is -2.22. The normalized spacial score (nSPS) is 11.6. The maximum Gasteiger partial charge on any atom is 0.121 e. The molecule has 0 aliphatic heterocycles. The smallest absolute Gasteiger partial charge is 0.121 e. The van der Waals surface area contributed by atoms with Crippen molar-refractivity contribution in [2.75, 3.05) is 26.3 Å².